The van der Waals surface area contributed by atoms with Gasteiger partial charge >= 0.3 is 0 Å². The molecule has 140 valence electrons. The lowest BCUT2D eigenvalue weighted by atomic mass is 10.00. The van der Waals surface area contributed by atoms with Crippen LogP contribution in [0.1, 0.15) is 38.7 Å². The quantitative estimate of drug-likeness (QED) is 0.824. The third-order valence-corrected chi connectivity index (χ3v) is 5.38. The van der Waals surface area contributed by atoms with Crippen LogP contribution in [0.25, 0.3) is 0 Å². The minimum absolute atomic E-state index is 0.409. The Labute approximate surface area is 152 Å². The van der Waals surface area contributed by atoms with Crippen LogP contribution in [-0.2, 0) is 11.3 Å². The molecule has 0 bridgehead atoms. The van der Waals surface area contributed by atoms with Gasteiger partial charge in [0.1, 0.15) is 0 Å². The molecule has 1 aromatic rings. The zero-order valence-electron chi connectivity index (χ0n) is 15.9. The summed E-state index contributed by atoms with van der Waals surface area (Å²) in [6.07, 6.45) is 3.47. The summed E-state index contributed by atoms with van der Waals surface area (Å²) in [6.45, 7) is 10.9. The monoisotopic (exact) mass is 346 g/mol. The van der Waals surface area contributed by atoms with Crippen molar-refractivity contribution in [1.82, 2.24) is 9.80 Å². The summed E-state index contributed by atoms with van der Waals surface area (Å²) in [6, 6.07) is 10.6. The van der Waals surface area contributed by atoms with E-state index in [0.29, 0.717) is 12.0 Å². The Morgan fingerprint density at radius 3 is 2.52 bits per heavy atom. The first-order chi connectivity index (χ1) is 12.0. The van der Waals surface area contributed by atoms with Crippen molar-refractivity contribution in [1.29, 1.82) is 0 Å². The van der Waals surface area contributed by atoms with Gasteiger partial charge in [-0.2, -0.15) is 0 Å². The molecule has 1 N–H and O–H groups in total. The maximum absolute atomic E-state index is 11.0. The zero-order chi connectivity index (χ0) is 17.7. The third kappa shape index (κ3) is 5.78. The summed E-state index contributed by atoms with van der Waals surface area (Å²) in [4.78, 5) is 4.81. The molecule has 1 aromatic carbocycles. The van der Waals surface area contributed by atoms with E-state index in [4.69, 9.17) is 4.74 Å². The summed E-state index contributed by atoms with van der Waals surface area (Å²) in [5.74, 6) is 0.604. The summed E-state index contributed by atoms with van der Waals surface area (Å²) < 4.78 is 5.97. The molecule has 25 heavy (non-hydrogen) atoms. The number of hydrogen-bond acceptors (Lipinski definition) is 4. The second-order valence-electron chi connectivity index (χ2n) is 8.37. The number of piperidine rings is 1. The van der Waals surface area contributed by atoms with Crippen molar-refractivity contribution in [2.24, 2.45) is 5.92 Å². The number of nitrogens with zero attached hydrogens (tertiary/aromatic N) is 2. The molecular weight excluding hydrogens is 312 g/mol. The number of β-amino-alcohol motifs (C(OH)–C–C–N with tert-alkyl or cyclic N) is 1. The van der Waals surface area contributed by atoms with E-state index in [1.807, 2.05) is 0 Å². The van der Waals surface area contributed by atoms with Crippen molar-refractivity contribution >= 4 is 0 Å². The molecular formula is C21H34N2O2. The van der Waals surface area contributed by atoms with E-state index in [9.17, 15) is 5.11 Å². The van der Waals surface area contributed by atoms with Crippen LogP contribution >= 0.6 is 0 Å². The molecule has 0 saturated carbocycles. The maximum atomic E-state index is 11.0. The number of likely N-dealkylation sites (tertiary alicyclic amines) is 2. The van der Waals surface area contributed by atoms with Crippen LogP contribution in [0.2, 0.25) is 0 Å². The summed E-state index contributed by atoms with van der Waals surface area (Å²) in [7, 11) is 0. The highest BCUT2D eigenvalue weighted by atomic mass is 16.5. The molecule has 2 fully saturated rings. The normalized spacial score (nSPS) is 26.6. The van der Waals surface area contributed by atoms with Gasteiger partial charge < -0.3 is 14.7 Å². The van der Waals surface area contributed by atoms with Gasteiger partial charge in [-0.05, 0) is 30.7 Å². The molecule has 2 heterocycles. The molecule has 0 aromatic heterocycles. The molecule has 2 aliphatic rings. The van der Waals surface area contributed by atoms with E-state index in [-0.39, 0.29) is 0 Å². The number of hydrogen-bond donors (Lipinski definition) is 1. The first kappa shape index (κ1) is 18.8. The van der Waals surface area contributed by atoms with Crippen LogP contribution < -0.4 is 0 Å². The van der Waals surface area contributed by atoms with Crippen molar-refractivity contribution in [2.45, 2.75) is 51.4 Å². The largest absolute Gasteiger partial charge is 0.387 e. The Morgan fingerprint density at radius 1 is 1.12 bits per heavy atom. The first-order valence-corrected chi connectivity index (χ1v) is 9.85. The topological polar surface area (TPSA) is 35.9 Å². The van der Waals surface area contributed by atoms with Gasteiger partial charge in [-0.25, -0.2) is 0 Å². The molecule has 0 spiro atoms. The van der Waals surface area contributed by atoms with Gasteiger partial charge in [0.2, 0.25) is 0 Å². The standard InChI is InChI=1S/C21H34N2O2/c1-18(2)15-25-20-8-11-22(12-9-20)16-21(24)10-13-23(17-21)14-19-6-4-3-5-7-19/h3-7,18,20,24H,8-17H2,1-2H3. The van der Waals surface area contributed by atoms with E-state index < -0.39 is 5.60 Å². The lowest BCUT2D eigenvalue weighted by molar-refractivity contribution is -0.0326. The fourth-order valence-corrected chi connectivity index (χ4v) is 4.03. The fraction of sp³-hybridized carbons (Fsp3) is 0.714. The zero-order valence-corrected chi connectivity index (χ0v) is 15.9. The summed E-state index contributed by atoms with van der Waals surface area (Å²) >= 11 is 0. The fourth-order valence-electron chi connectivity index (χ4n) is 4.03. The molecule has 4 nitrogen and oxygen atoms in total. The average Bonchev–Trinajstić information content (AvgIpc) is 2.95. The van der Waals surface area contributed by atoms with Crippen molar-refractivity contribution in [3.63, 3.8) is 0 Å². The van der Waals surface area contributed by atoms with Crippen molar-refractivity contribution in [3.8, 4) is 0 Å². The minimum Gasteiger partial charge on any atom is -0.387 e. The lowest BCUT2D eigenvalue weighted by Crippen LogP contribution is -2.48. The molecule has 0 radical (unpaired) electrons. The van der Waals surface area contributed by atoms with Crippen LogP contribution in [0.4, 0.5) is 0 Å². The van der Waals surface area contributed by atoms with Crippen LogP contribution in [0, 0.1) is 5.92 Å². The van der Waals surface area contributed by atoms with Crippen LogP contribution in [-0.4, -0.2) is 65.9 Å². The van der Waals surface area contributed by atoms with E-state index in [0.717, 1.165) is 65.1 Å². The van der Waals surface area contributed by atoms with Crippen molar-refractivity contribution in [3.05, 3.63) is 35.9 Å². The predicted molar refractivity (Wildman–Crippen MR) is 102 cm³/mol. The Morgan fingerprint density at radius 2 is 1.84 bits per heavy atom. The third-order valence-electron chi connectivity index (χ3n) is 5.38. The molecule has 3 rings (SSSR count). The molecule has 2 aliphatic heterocycles. The predicted octanol–water partition coefficient (Wildman–Crippen LogP) is 2.76. The molecule has 2 saturated heterocycles. The number of aliphatic hydroxyl groups is 1. The molecule has 0 aliphatic carbocycles. The van der Waals surface area contributed by atoms with Gasteiger partial charge in [-0.15, -0.1) is 0 Å². The van der Waals surface area contributed by atoms with Crippen LogP contribution in [0.3, 0.4) is 0 Å². The van der Waals surface area contributed by atoms with E-state index in [1.54, 1.807) is 0 Å². The maximum Gasteiger partial charge on any atom is 0.0912 e. The van der Waals surface area contributed by atoms with E-state index in [2.05, 4.69) is 54.0 Å². The summed E-state index contributed by atoms with van der Waals surface area (Å²) in [5, 5.41) is 11.0. The van der Waals surface area contributed by atoms with E-state index in [1.165, 1.54) is 5.56 Å². The number of ether oxygens (including phenoxy) is 1. The SMILES string of the molecule is CC(C)COC1CCN(CC2(O)CCN(Cc3ccccc3)C2)CC1. The van der Waals surface area contributed by atoms with Crippen molar-refractivity contribution in [2.75, 3.05) is 39.3 Å². The Hall–Kier alpha value is -0.940. The molecule has 1 unspecified atom stereocenters. The van der Waals surface area contributed by atoms with Gasteiger partial charge in [-0.1, -0.05) is 44.2 Å². The summed E-state index contributed by atoms with van der Waals surface area (Å²) in [5.41, 5.74) is 0.773. The Balaban J connectivity index is 1.41. The van der Waals surface area contributed by atoms with Gasteiger partial charge in [0.15, 0.2) is 0 Å². The van der Waals surface area contributed by atoms with Crippen molar-refractivity contribution < 1.29 is 9.84 Å². The van der Waals surface area contributed by atoms with Gasteiger partial charge in [0.05, 0.1) is 11.7 Å². The number of benzene rings is 1. The van der Waals surface area contributed by atoms with Crippen LogP contribution in [0.5, 0.6) is 0 Å². The first-order valence-electron chi connectivity index (χ1n) is 9.85. The number of rotatable bonds is 7. The van der Waals surface area contributed by atoms with Gasteiger partial charge in [0, 0.05) is 45.9 Å². The van der Waals surface area contributed by atoms with Crippen LogP contribution in [0.15, 0.2) is 30.3 Å². The minimum atomic E-state index is -0.555. The molecule has 4 heteroatoms. The highest BCUT2D eigenvalue weighted by Gasteiger charge is 2.38. The highest BCUT2D eigenvalue weighted by Crippen LogP contribution is 2.26. The van der Waals surface area contributed by atoms with E-state index >= 15 is 0 Å². The van der Waals surface area contributed by atoms with Gasteiger partial charge in [-0.3, -0.25) is 4.90 Å². The second kappa shape index (κ2) is 8.63. The Bertz CT molecular complexity index is 514. The van der Waals surface area contributed by atoms with Gasteiger partial charge in [0.25, 0.3) is 0 Å². The average molecular weight is 347 g/mol. The molecule has 1 atom stereocenters. The molecule has 0 amide bonds. The second-order valence-corrected chi connectivity index (χ2v) is 8.37. The Kier molecular flexibility index (Phi) is 6.50. The lowest BCUT2D eigenvalue weighted by Gasteiger charge is -2.36. The highest BCUT2D eigenvalue weighted by molar-refractivity contribution is 5.15. The smallest absolute Gasteiger partial charge is 0.0912 e.